The number of ether oxygens (including phenoxy) is 3. The predicted molar refractivity (Wildman–Crippen MR) is 106 cm³/mol. The van der Waals surface area contributed by atoms with E-state index in [1.165, 1.54) is 12.1 Å². The number of rotatable bonds is 4. The van der Waals surface area contributed by atoms with E-state index in [-0.39, 0.29) is 35.4 Å². The molecule has 1 aromatic carbocycles. The Balaban J connectivity index is 1.53. The highest BCUT2D eigenvalue weighted by Crippen LogP contribution is 2.36. The fraction of sp³-hybridized carbons (Fsp3) is 0.476. The van der Waals surface area contributed by atoms with Crippen molar-refractivity contribution in [1.29, 1.82) is 0 Å². The highest BCUT2D eigenvalue weighted by Gasteiger charge is 2.44. The van der Waals surface area contributed by atoms with Crippen LogP contribution in [0.25, 0.3) is 11.0 Å². The van der Waals surface area contributed by atoms with Crippen LogP contribution in [0.15, 0.2) is 33.0 Å². The van der Waals surface area contributed by atoms with Crippen molar-refractivity contribution in [2.75, 3.05) is 19.8 Å². The molecule has 0 amide bonds. The molecule has 0 radical (unpaired) electrons. The van der Waals surface area contributed by atoms with Gasteiger partial charge in [0.2, 0.25) is 0 Å². The van der Waals surface area contributed by atoms with Gasteiger partial charge in [0.1, 0.15) is 59.3 Å². The van der Waals surface area contributed by atoms with Gasteiger partial charge in [-0.25, -0.2) is 0 Å². The summed E-state index contributed by atoms with van der Waals surface area (Å²) in [6, 6.07) is 2.68. The van der Waals surface area contributed by atoms with Crippen LogP contribution in [-0.4, -0.2) is 76.1 Å². The van der Waals surface area contributed by atoms with Gasteiger partial charge in [0, 0.05) is 17.7 Å². The molecule has 2 aliphatic rings. The van der Waals surface area contributed by atoms with Crippen LogP contribution >= 0.6 is 0 Å². The molecule has 5 unspecified atom stereocenters. The first-order valence-electron chi connectivity index (χ1n) is 9.82. The summed E-state index contributed by atoms with van der Waals surface area (Å²) in [7, 11) is 0. The fourth-order valence-electron chi connectivity index (χ4n) is 3.75. The first-order chi connectivity index (χ1) is 14.8. The van der Waals surface area contributed by atoms with E-state index >= 15 is 0 Å². The van der Waals surface area contributed by atoms with Gasteiger partial charge in [-0.3, -0.25) is 4.79 Å². The van der Waals surface area contributed by atoms with Gasteiger partial charge in [-0.2, -0.15) is 0 Å². The third kappa shape index (κ3) is 4.05. The third-order valence-electron chi connectivity index (χ3n) is 5.46. The van der Waals surface area contributed by atoms with E-state index < -0.39 is 37.3 Å². The van der Waals surface area contributed by atoms with Gasteiger partial charge in [0.05, 0.1) is 13.2 Å². The molecule has 1 aromatic heterocycles. The van der Waals surface area contributed by atoms with Crippen LogP contribution in [0, 0.1) is 6.92 Å². The Kier molecular flexibility index (Phi) is 6.02. The van der Waals surface area contributed by atoms with Gasteiger partial charge >= 0.3 is 0 Å². The van der Waals surface area contributed by atoms with Crippen LogP contribution in [0.5, 0.6) is 11.5 Å². The monoisotopic (exact) mass is 436 g/mol. The largest absolute Gasteiger partial charge is 0.507 e. The van der Waals surface area contributed by atoms with E-state index in [4.69, 9.17) is 18.6 Å². The van der Waals surface area contributed by atoms with E-state index in [0.29, 0.717) is 29.1 Å². The van der Waals surface area contributed by atoms with E-state index in [1.54, 1.807) is 6.92 Å². The predicted octanol–water partition coefficient (Wildman–Crippen LogP) is -0.515. The van der Waals surface area contributed by atoms with Gasteiger partial charge in [0.15, 0.2) is 11.7 Å². The highest BCUT2D eigenvalue weighted by molar-refractivity contribution is 5.88. The Hall–Kier alpha value is -2.47. The van der Waals surface area contributed by atoms with Gasteiger partial charge < -0.3 is 44.2 Å². The smallest absolute Gasteiger partial charge is 0.196 e. The number of aliphatic hydroxyl groups excluding tert-OH is 4. The summed E-state index contributed by atoms with van der Waals surface area (Å²) in [4.78, 5) is 12.3. The molecule has 0 bridgehead atoms. The first kappa shape index (κ1) is 21.8. The van der Waals surface area contributed by atoms with Crippen molar-refractivity contribution in [2.45, 2.75) is 44.1 Å². The zero-order chi connectivity index (χ0) is 22.3. The van der Waals surface area contributed by atoms with Crippen molar-refractivity contribution in [1.82, 2.24) is 0 Å². The van der Waals surface area contributed by atoms with Crippen molar-refractivity contribution in [3.63, 3.8) is 0 Å². The molecule has 3 heterocycles. The van der Waals surface area contributed by atoms with Crippen LogP contribution < -0.4 is 10.2 Å². The Bertz CT molecular complexity index is 1060. The maximum absolute atomic E-state index is 12.3. The van der Waals surface area contributed by atoms with Crippen LogP contribution in [-0.2, 0) is 15.9 Å². The van der Waals surface area contributed by atoms with E-state index in [9.17, 15) is 30.3 Å². The average molecular weight is 436 g/mol. The quantitative estimate of drug-likeness (QED) is 0.395. The minimum absolute atomic E-state index is 0.0242. The Labute approximate surface area is 176 Å². The normalized spacial score (nSPS) is 28.5. The lowest BCUT2D eigenvalue weighted by Crippen LogP contribution is -2.59. The summed E-state index contributed by atoms with van der Waals surface area (Å²) in [5.41, 5.74) is 1.19. The Morgan fingerprint density at radius 3 is 2.68 bits per heavy atom. The average Bonchev–Trinajstić information content (AvgIpc) is 2.93. The molecular formula is C21H24O10. The second kappa shape index (κ2) is 8.58. The highest BCUT2D eigenvalue weighted by atomic mass is 16.7. The number of allylic oxidation sites excluding steroid dienone is 1. The van der Waals surface area contributed by atoms with Gasteiger partial charge in [-0.05, 0) is 18.9 Å². The Morgan fingerprint density at radius 1 is 1.16 bits per heavy atom. The first-order valence-corrected chi connectivity index (χ1v) is 9.82. The molecular weight excluding hydrogens is 412 g/mol. The number of hydrogen-bond donors (Lipinski definition) is 5. The molecule has 1 saturated heterocycles. The van der Waals surface area contributed by atoms with Crippen LogP contribution in [0.2, 0.25) is 0 Å². The molecule has 1 fully saturated rings. The number of aromatic hydroxyl groups is 1. The number of aliphatic hydroxyl groups is 4. The molecule has 0 aliphatic carbocycles. The topological polar surface area (TPSA) is 159 Å². The summed E-state index contributed by atoms with van der Waals surface area (Å²) in [5.74, 6) is 0.547. The van der Waals surface area contributed by atoms with E-state index in [2.05, 4.69) is 0 Å². The zero-order valence-electron chi connectivity index (χ0n) is 16.7. The molecule has 5 N–H and O–H groups in total. The van der Waals surface area contributed by atoms with Crippen molar-refractivity contribution < 1.29 is 44.2 Å². The van der Waals surface area contributed by atoms with Crippen LogP contribution in [0.4, 0.5) is 0 Å². The maximum atomic E-state index is 12.3. The summed E-state index contributed by atoms with van der Waals surface area (Å²) < 4.78 is 22.4. The minimum Gasteiger partial charge on any atom is -0.507 e. The van der Waals surface area contributed by atoms with Gasteiger partial charge in [-0.1, -0.05) is 6.08 Å². The summed E-state index contributed by atoms with van der Waals surface area (Å²) in [6.45, 7) is 1.17. The molecule has 4 rings (SSSR count). The molecule has 10 nitrogen and oxygen atoms in total. The SMILES string of the molecule is Cc1cc(=O)c2c(O)cc3c(c2o1)CC=C(COC1OC(CO)C(O)C(O)C1O)CO3. The van der Waals surface area contributed by atoms with Crippen LogP contribution in [0.3, 0.4) is 0 Å². The lowest BCUT2D eigenvalue weighted by molar-refractivity contribution is -0.299. The van der Waals surface area contributed by atoms with Gasteiger partial charge in [-0.15, -0.1) is 0 Å². The molecule has 0 spiro atoms. The van der Waals surface area contributed by atoms with Crippen molar-refractivity contribution in [3.05, 3.63) is 45.3 Å². The van der Waals surface area contributed by atoms with E-state index in [0.717, 1.165) is 0 Å². The summed E-state index contributed by atoms with van der Waals surface area (Å²) in [5, 5.41) is 49.4. The molecule has 31 heavy (non-hydrogen) atoms. The molecule has 0 saturated carbocycles. The fourth-order valence-corrected chi connectivity index (χ4v) is 3.75. The molecule has 5 atom stereocenters. The second-order valence-electron chi connectivity index (χ2n) is 7.66. The standard InChI is InChI=1S/C21H24O10/c1-9-4-12(23)16-13(24)5-14-11(20(16)30-9)3-2-10(7-28-14)8-29-21-19(27)18(26)17(25)15(6-22)31-21/h2,4-5,15,17-19,21-22,24-27H,3,6-8H2,1H3. The summed E-state index contributed by atoms with van der Waals surface area (Å²) >= 11 is 0. The number of aryl methyl sites for hydroxylation is 1. The molecule has 2 aromatic rings. The second-order valence-corrected chi connectivity index (χ2v) is 7.66. The van der Waals surface area contributed by atoms with Crippen molar-refractivity contribution >= 4 is 11.0 Å². The molecule has 168 valence electrons. The van der Waals surface area contributed by atoms with Crippen molar-refractivity contribution in [3.8, 4) is 11.5 Å². The lowest BCUT2D eigenvalue weighted by atomic mass is 9.99. The van der Waals surface area contributed by atoms with Crippen LogP contribution in [0.1, 0.15) is 11.3 Å². The summed E-state index contributed by atoms with van der Waals surface area (Å²) in [6.07, 6.45) is -4.66. The third-order valence-corrected chi connectivity index (χ3v) is 5.46. The number of phenols is 1. The number of hydrogen-bond acceptors (Lipinski definition) is 10. The molecule has 2 aliphatic heterocycles. The minimum atomic E-state index is -1.53. The lowest BCUT2D eigenvalue weighted by Gasteiger charge is -2.39. The van der Waals surface area contributed by atoms with Crippen molar-refractivity contribution in [2.24, 2.45) is 0 Å². The molecule has 10 heteroatoms. The van der Waals surface area contributed by atoms with Gasteiger partial charge in [0.25, 0.3) is 0 Å². The number of fused-ring (bicyclic) bond motifs is 3. The Morgan fingerprint density at radius 2 is 1.94 bits per heavy atom. The zero-order valence-corrected chi connectivity index (χ0v) is 16.7. The number of benzene rings is 1. The maximum Gasteiger partial charge on any atom is 0.196 e. The van der Waals surface area contributed by atoms with E-state index in [1.807, 2.05) is 6.08 Å². The number of phenolic OH excluding ortho intramolecular Hbond substituents is 1.